The third-order valence-electron chi connectivity index (χ3n) is 3.67. The molecule has 29 heavy (non-hydrogen) atoms. The molecule has 0 aliphatic heterocycles. The summed E-state index contributed by atoms with van der Waals surface area (Å²) in [6.07, 6.45) is 0.0711. The van der Waals surface area contributed by atoms with E-state index < -0.39 is 5.91 Å². The molecule has 0 saturated heterocycles. The molecule has 3 rings (SSSR count). The van der Waals surface area contributed by atoms with Crippen molar-refractivity contribution in [1.82, 2.24) is 10.3 Å². The number of aromatic nitrogens is 1. The van der Waals surface area contributed by atoms with E-state index in [9.17, 15) is 14.0 Å². The van der Waals surface area contributed by atoms with E-state index in [1.54, 1.807) is 23.6 Å². The lowest BCUT2D eigenvalue weighted by molar-refractivity contribution is -0.116. The van der Waals surface area contributed by atoms with Gasteiger partial charge in [-0.15, -0.1) is 11.3 Å². The highest BCUT2D eigenvalue weighted by atomic mass is 35.5. The number of nitrogens with zero attached hydrogens (tertiary/aromatic N) is 1. The van der Waals surface area contributed by atoms with Crippen molar-refractivity contribution in [3.8, 4) is 0 Å². The summed E-state index contributed by atoms with van der Waals surface area (Å²) < 4.78 is 12.9. The predicted molar refractivity (Wildman–Crippen MR) is 114 cm³/mol. The quantitative estimate of drug-likeness (QED) is 0.466. The van der Waals surface area contributed by atoms with Gasteiger partial charge in [-0.25, -0.2) is 9.37 Å². The lowest BCUT2D eigenvalue weighted by Crippen LogP contribution is -2.27. The van der Waals surface area contributed by atoms with Crippen molar-refractivity contribution in [2.75, 3.05) is 17.2 Å². The van der Waals surface area contributed by atoms with Crippen molar-refractivity contribution >= 4 is 62.9 Å². The van der Waals surface area contributed by atoms with Gasteiger partial charge in [0.15, 0.2) is 5.13 Å². The van der Waals surface area contributed by atoms with Crippen LogP contribution in [0.2, 0.25) is 10.0 Å². The number of hydrogen-bond acceptors (Lipinski definition) is 5. The van der Waals surface area contributed by atoms with Gasteiger partial charge in [0.2, 0.25) is 5.91 Å². The van der Waals surface area contributed by atoms with Crippen molar-refractivity contribution in [2.24, 2.45) is 0 Å². The minimum Gasteiger partial charge on any atom is -0.350 e. The first-order valence-corrected chi connectivity index (χ1v) is 10.1. The standard InChI is InChI=1S/C19H15Cl2FN4O2S/c20-14-6-5-13(9-15(14)21)25-19-26-16(10-29-19)18(28)23-8-7-17(27)24-12-3-1-11(22)2-4-12/h1-6,9-10H,7-8H2,(H,23,28)(H,24,27)(H,25,26). The average molecular weight is 453 g/mol. The van der Waals surface area contributed by atoms with E-state index in [0.717, 1.165) is 0 Å². The average Bonchev–Trinajstić information content (AvgIpc) is 3.15. The molecule has 0 unspecified atom stereocenters. The number of thiazole rings is 1. The maximum absolute atomic E-state index is 12.9. The molecule has 10 heteroatoms. The van der Waals surface area contributed by atoms with Gasteiger partial charge < -0.3 is 16.0 Å². The molecule has 1 aromatic heterocycles. The molecular weight excluding hydrogens is 438 g/mol. The van der Waals surface area contributed by atoms with Gasteiger partial charge in [-0.1, -0.05) is 23.2 Å². The summed E-state index contributed by atoms with van der Waals surface area (Å²) in [4.78, 5) is 28.3. The number of carbonyl (C=O) groups excluding carboxylic acids is 2. The van der Waals surface area contributed by atoms with Gasteiger partial charge in [-0.3, -0.25) is 9.59 Å². The number of carbonyl (C=O) groups is 2. The Bertz CT molecular complexity index is 1030. The number of benzene rings is 2. The minimum absolute atomic E-state index is 0.0711. The van der Waals surface area contributed by atoms with E-state index in [0.29, 0.717) is 26.6 Å². The third kappa shape index (κ3) is 6.15. The molecule has 0 fully saturated rings. The second-order valence-corrected chi connectivity index (χ2v) is 7.53. The van der Waals surface area contributed by atoms with Crippen LogP contribution in [-0.4, -0.2) is 23.3 Å². The van der Waals surface area contributed by atoms with E-state index in [4.69, 9.17) is 23.2 Å². The molecule has 6 nitrogen and oxygen atoms in total. The fourth-order valence-electron chi connectivity index (χ4n) is 2.27. The number of amides is 2. The van der Waals surface area contributed by atoms with Gasteiger partial charge in [-0.05, 0) is 42.5 Å². The monoisotopic (exact) mass is 452 g/mol. The fraction of sp³-hybridized carbons (Fsp3) is 0.105. The normalized spacial score (nSPS) is 10.4. The summed E-state index contributed by atoms with van der Waals surface area (Å²) >= 11 is 13.1. The van der Waals surface area contributed by atoms with Crippen LogP contribution in [0.5, 0.6) is 0 Å². The van der Waals surface area contributed by atoms with Gasteiger partial charge in [0.25, 0.3) is 5.91 Å². The molecule has 0 spiro atoms. The van der Waals surface area contributed by atoms with Gasteiger partial charge in [0.05, 0.1) is 10.0 Å². The zero-order valence-corrected chi connectivity index (χ0v) is 17.2. The summed E-state index contributed by atoms with van der Waals surface area (Å²) in [6.45, 7) is 0.138. The Morgan fingerprint density at radius 1 is 1.03 bits per heavy atom. The Morgan fingerprint density at radius 2 is 1.76 bits per heavy atom. The van der Waals surface area contributed by atoms with Gasteiger partial charge in [-0.2, -0.15) is 0 Å². The minimum atomic E-state index is -0.391. The maximum atomic E-state index is 12.9. The first-order valence-electron chi connectivity index (χ1n) is 8.42. The van der Waals surface area contributed by atoms with Gasteiger partial charge in [0.1, 0.15) is 11.5 Å². The topological polar surface area (TPSA) is 83.1 Å². The van der Waals surface area contributed by atoms with Crippen molar-refractivity contribution < 1.29 is 14.0 Å². The number of hydrogen-bond donors (Lipinski definition) is 3. The molecule has 1 heterocycles. The Balaban J connectivity index is 1.46. The molecule has 0 aliphatic carbocycles. The zero-order chi connectivity index (χ0) is 20.8. The van der Waals surface area contributed by atoms with Crippen LogP contribution in [0, 0.1) is 5.82 Å². The second-order valence-electron chi connectivity index (χ2n) is 5.85. The molecule has 0 radical (unpaired) electrons. The molecule has 0 saturated carbocycles. The zero-order valence-electron chi connectivity index (χ0n) is 14.8. The van der Waals surface area contributed by atoms with Crippen LogP contribution in [0.4, 0.5) is 20.9 Å². The van der Waals surface area contributed by atoms with Crippen molar-refractivity contribution in [2.45, 2.75) is 6.42 Å². The molecule has 3 aromatic rings. The molecular formula is C19H15Cl2FN4O2S. The summed E-state index contributed by atoms with van der Waals surface area (Å²) in [6, 6.07) is 10.5. The fourth-order valence-corrected chi connectivity index (χ4v) is 3.28. The Hall–Kier alpha value is -2.68. The lowest BCUT2D eigenvalue weighted by atomic mass is 10.3. The van der Waals surface area contributed by atoms with Crippen LogP contribution in [0.25, 0.3) is 0 Å². The number of nitrogens with one attached hydrogen (secondary N) is 3. The highest BCUT2D eigenvalue weighted by Gasteiger charge is 2.12. The molecule has 2 aromatic carbocycles. The Morgan fingerprint density at radius 3 is 2.48 bits per heavy atom. The molecule has 150 valence electrons. The van der Waals surface area contributed by atoms with Crippen LogP contribution < -0.4 is 16.0 Å². The molecule has 0 aliphatic rings. The highest BCUT2D eigenvalue weighted by molar-refractivity contribution is 7.14. The van der Waals surface area contributed by atoms with Crippen LogP contribution in [0.1, 0.15) is 16.9 Å². The van der Waals surface area contributed by atoms with Crippen molar-refractivity contribution in [3.63, 3.8) is 0 Å². The maximum Gasteiger partial charge on any atom is 0.270 e. The SMILES string of the molecule is O=C(CCNC(=O)c1csc(Nc2ccc(Cl)c(Cl)c2)n1)Nc1ccc(F)cc1. The number of halogens is 3. The van der Waals surface area contributed by atoms with E-state index in [2.05, 4.69) is 20.9 Å². The summed E-state index contributed by atoms with van der Waals surface area (Å²) in [5, 5.41) is 11.3. The van der Waals surface area contributed by atoms with Crippen molar-refractivity contribution in [3.05, 3.63) is 69.4 Å². The summed E-state index contributed by atoms with van der Waals surface area (Å²) in [5.41, 5.74) is 1.41. The van der Waals surface area contributed by atoms with Crippen molar-refractivity contribution in [1.29, 1.82) is 0 Å². The smallest absolute Gasteiger partial charge is 0.270 e. The van der Waals surface area contributed by atoms with Gasteiger partial charge in [0, 0.05) is 29.7 Å². The van der Waals surface area contributed by atoms with E-state index in [-0.39, 0.29) is 30.4 Å². The highest BCUT2D eigenvalue weighted by Crippen LogP contribution is 2.28. The molecule has 2 amide bonds. The van der Waals surface area contributed by atoms with E-state index in [1.165, 1.54) is 35.6 Å². The first-order chi connectivity index (χ1) is 13.9. The summed E-state index contributed by atoms with van der Waals surface area (Å²) in [7, 11) is 0. The van der Waals surface area contributed by atoms with Crippen LogP contribution in [-0.2, 0) is 4.79 Å². The molecule has 0 atom stereocenters. The predicted octanol–water partition coefficient (Wildman–Crippen LogP) is 5.09. The Labute approximate surface area is 180 Å². The second kappa shape index (κ2) is 9.69. The molecule has 3 N–H and O–H groups in total. The van der Waals surface area contributed by atoms with Gasteiger partial charge >= 0.3 is 0 Å². The number of rotatable bonds is 7. The van der Waals surface area contributed by atoms with E-state index >= 15 is 0 Å². The first kappa shape index (κ1) is 21.0. The van der Waals surface area contributed by atoms with Crippen LogP contribution >= 0.6 is 34.5 Å². The summed E-state index contributed by atoms with van der Waals surface area (Å²) in [5.74, 6) is -1.07. The third-order valence-corrected chi connectivity index (χ3v) is 5.17. The Kier molecular flexibility index (Phi) is 7.03. The lowest BCUT2D eigenvalue weighted by Gasteiger charge is -2.06. The van der Waals surface area contributed by atoms with Crippen LogP contribution in [0.3, 0.4) is 0 Å². The largest absolute Gasteiger partial charge is 0.350 e. The molecule has 0 bridgehead atoms. The van der Waals surface area contributed by atoms with E-state index in [1.807, 2.05) is 0 Å². The van der Waals surface area contributed by atoms with Crippen LogP contribution in [0.15, 0.2) is 47.8 Å². The number of anilines is 3.